The van der Waals surface area contributed by atoms with E-state index in [2.05, 4.69) is 16.9 Å². The minimum Gasteiger partial charge on any atom is -0.327 e. The lowest BCUT2D eigenvalue weighted by Gasteiger charge is -2.11. The average molecular weight is 458 g/mol. The molecule has 0 amide bonds. The number of hydrogen-bond acceptors (Lipinski definition) is 3. The van der Waals surface area contributed by atoms with Crippen LogP contribution in [0.3, 0.4) is 0 Å². The molecule has 1 aromatic heterocycles. The van der Waals surface area contributed by atoms with Crippen molar-refractivity contribution in [2.75, 3.05) is 6.54 Å². The molecule has 4 rings (SSSR count). The quantitative estimate of drug-likeness (QED) is 0.421. The zero-order chi connectivity index (χ0) is 21.8. The Morgan fingerprint density at radius 3 is 2.48 bits per heavy atom. The van der Waals surface area contributed by atoms with Crippen LogP contribution in [0.5, 0.6) is 0 Å². The van der Waals surface area contributed by atoms with Crippen LogP contribution in [0.25, 0.3) is 11.0 Å². The third-order valence-corrected chi connectivity index (χ3v) is 6.79. The van der Waals surface area contributed by atoms with Crippen LogP contribution in [0, 0.1) is 5.82 Å². The molecule has 31 heavy (non-hydrogen) atoms. The first kappa shape index (κ1) is 21.5. The van der Waals surface area contributed by atoms with Crippen molar-refractivity contribution in [2.45, 2.75) is 24.3 Å². The normalized spacial score (nSPS) is 11.8. The van der Waals surface area contributed by atoms with Gasteiger partial charge in [0.15, 0.2) is 0 Å². The van der Waals surface area contributed by atoms with Gasteiger partial charge in [0.05, 0.1) is 21.0 Å². The second-order valence-electron chi connectivity index (χ2n) is 7.13. The Morgan fingerprint density at radius 1 is 0.968 bits per heavy atom. The Hall–Kier alpha value is -2.74. The summed E-state index contributed by atoms with van der Waals surface area (Å²) in [6.45, 7) is 0.578. The molecular formula is C23H21ClFN3O2S. The van der Waals surface area contributed by atoms with Crippen molar-refractivity contribution in [3.63, 3.8) is 0 Å². The lowest BCUT2D eigenvalue weighted by atomic mass is 10.1. The van der Waals surface area contributed by atoms with Gasteiger partial charge in [-0.2, -0.15) is 0 Å². The van der Waals surface area contributed by atoms with Gasteiger partial charge < -0.3 is 4.57 Å². The first-order valence-corrected chi connectivity index (χ1v) is 11.7. The molecule has 8 heteroatoms. The number of para-hydroxylation sites is 2. The minimum absolute atomic E-state index is 0.0707. The van der Waals surface area contributed by atoms with Gasteiger partial charge in [0.2, 0.25) is 10.0 Å². The van der Waals surface area contributed by atoms with Crippen LogP contribution in [0.2, 0.25) is 5.02 Å². The zero-order valence-corrected chi connectivity index (χ0v) is 18.2. The number of imidazole rings is 1. The summed E-state index contributed by atoms with van der Waals surface area (Å²) in [7, 11) is -3.81. The third kappa shape index (κ3) is 4.95. The highest BCUT2D eigenvalue weighted by molar-refractivity contribution is 7.89. The van der Waals surface area contributed by atoms with Crippen molar-refractivity contribution in [3.8, 4) is 0 Å². The largest absolute Gasteiger partial charge is 0.327 e. The fraction of sp³-hybridized carbons (Fsp3) is 0.174. The number of halogens is 2. The lowest BCUT2D eigenvalue weighted by molar-refractivity contribution is 0.570. The molecule has 1 N–H and O–H groups in total. The number of sulfonamides is 1. The van der Waals surface area contributed by atoms with Gasteiger partial charge in [-0.15, -0.1) is 0 Å². The van der Waals surface area contributed by atoms with Gasteiger partial charge in [-0.05, 0) is 42.3 Å². The smallest absolute Gasteiger partial charge is 0.240 e. The van der Waals surface area contributed by atoms with Crippen molar-refractivity contribution < 1.29 is 12.8 Å². The molecule has 5 nitrogen and oxygen atoms in total. The second-order valence-corrected chi connectivity index (χ2v) is 9.30. The van der Waals surface area contributed by atoms with Crippen LogP contribution in [0.1, 0.15) is 11.4 Å². The van der Waals surface area contributed by atoms with E-state index >= 15 is 0 Å². The fourth-order valence-electron chi connectivity index (χ4n) is 3.49. The van der Waals surface area contributed by atoms with E-state index in [0.29, 0.717) is 6.54 Å². The number of fused-ring (bicyclic) bond motifs is 1. The summed E-state index contributed by atoms with van der Waals surface area (Å²) in [5, 5.41) is -0.230. The molecular weight excluding hydrogens is 437 g/mol. The molecule has 0 unspecified atom stereocenters. The second kappa shape index (κ2) is 9.18. The molecule has 1 heterocycles. The molecule has 0 saturated carbocycles. The van der Waals surface area contributed by atoms with Crippen molar-refractivity contribution in [1.29, 1.82) is 0 Å². The van der Waals surface area contributed by atoms with E-state index in [1.165, 1.54) is 11.6 Å². The topological polar surface area (TPSA) is 64.0 Å². The van der Waals surface area contributed by atoms with E-state index in [-0.39, 0.29) is 16.5 Å². The van der Waals surface area contributed by atoms with Crippen LogP contribution < -0.4 is 4.72 Å². The maximum Gasteiger partial charge on any atom is 0.240 e. The van der Waals surface area contributed by atoms with Crippen LogP contribution >= 0.6 is 11.6 Å². The lowest BCUT2D eigenvalue weighted by Crippen LogP contribution is -2.28. The Bertz CT molecular complexity index is 1310. The van der Waals surface area contributed by atoms with Crippen molar-refractivity contribution in [2.24, 2.45) is 0 Å². The number of aromatic nitrogens is 2. The molecule has 0 aliphatic heterocycles. The van der Waals surface area contributed by atoms with Crippen molar-refractivity contribution in [3.05, 3.63) is 95.0 Å². The average Bonchev–Trinajstić information content (AvgIpc) is 3.12. The SMILES string of the molecule is O=S(=O)(NCCn1c(CCc2ccccc2)nc2ccccc21)c1ccc(F)c(Cl)c1. The first-order chi connectivity index (χ1) is 14.9. The molecule has 4 aromatic rings. The summed E-state index contributed by atoms with van der Waals surface area (Å²) < 4.78 is 43.1. The summed E-state index contributed by atoms with van der Waals surface area (Å²) in [6.07, 6.45) is 1.57. The highest BCUT2D eigenvalue weighted by atomic mass is 35.5. The summed E-state index contributed by atoms with van der Waals surface area (Å²) in [4.78, 5) is 4.68. The molecule has 0 saturated heterocycles. The summed E-state index contributed by atoms with van der Waals surface area (Å²) in [6, 6.07) is 21.3. The van der Waals surface area contributed by atoms with Gasteiger partial charge in [-0.1, -0.05) is 54.1 Å². The number of benzene rings is 3. The number of rotatable bonds is 8. The molecule has 0 spiro atoms. The molecule has 0 atom stereocenters. The molecule has 160 valence electrons. The predicted octanol–water partition coefficient (Wildman–Crippen LogP) is 4.59. The Morgan fingerprint density at radius 2 is 1.71 bits per heavy atom. The molecule has 0 bridgehead atoms. The van der Waals surface area contributed by atoms with Gasteiger partial charge in [-0.3, -0.25) is 0 Å². The van der Waals surface area contributed by atoms with Crippen molar-refractivity contribution in [1.82, 2.24) is 14.3 Å². The maximum absolute atomic E-state index is 13.4. The number of nitrogens with one attached hydrogen (secondary N) is 1. The van der Waals surface area contributed by atoms with Gasteiger partial charge in [-0.25, -0.2) is 22.5 Å². The standard InChI is InChI=1S/C23H21ClFN3O2S/c24-19-16-18(11-12-20(19)25)31(29,30)26-14-15-28-22-9-5-4-8-21(22)27-23(28)13-10-17-6-2-1-3-7-17/h1-9,11-12,16,26H,10,13-15H2. The van der Waals surface area contributed by atoms with E-state index in [4.69, 9.17) is 16.6 Å². The molecule has 0 aliphatic rings. The van der Waals surface area contributed by atoms with E-state index in [1.54, 1.807) is 0 Å². The Labute approximate surface area is 185 Å². The Kier molecular flexibility index (Phi) is 6.36. The molecule has 0 radical (unpaired) electrons. The Balaban J connectivity index is 1.51. The van der Waals surface area contributed by atoms with Gasteiger partial charge in [0, 0.05) is 19.5 Å². The van der Waals surface area contributed by atoms with Crippen LogP contribution in [-0.2, 0) is 29.4 Å². The molecule has 3 aromatic carbocycles. The van der Waals surface area contributed by atoms with Gasteiger partial charge in [0.25, 0.3) is 0 Å². The van der Waals surface area contributed by atoms with Crippen LogP contribution in [0.15, 0.2) is 77.7 Å². The third-order valence-electron chi connectivity index (χ3n) is 5.04. The van der Waals surface area contributed by atoms with E-state index in [0.717, 1.165) is 41.8 Å². The molecule has 0 fully saturated rings. The van der Waals surface area contributed by atoms with E-state index < -0.39 is 15.8 Å². The zero-order valence-electron chi connectivity index (χ0n) is 16.6. The van der Waals surface area contributed by atoms with Gasteiger partial charge in [0.1, 0.15) is 11.6 Å². The number of aryl methyl sites for hydroxylation is 2. The van der Waals surface area contributed by atoms with Crippen LogP contribution in [0.4, 0.5) is 4.39 Å². The summed E-state index contributed by atoms with van der Waals surface area (Å²) in [5.41, 5.74) is 3.04. The highest BCUT2D eigenvalue weighted by Gasteiger charge is 2.17. The van der Waals surface area contributed by atoms with Crippen molar-refractivity contribution >= 4 is 32.7 Å². The predicted molar refractivity (Wildman–Crippen MR) is 120 cm³/mol. The monoisotopic (exact) mass is 457 g/mol. The van der Waals surface area contributed by atoms with E-state index in [9.17, 15) is 12.8 Å². The maximum atomic E-state index is 13.4. The van der Waals surface area contributed by atoms with Gasteiger partial charge >= 0.3 is 0 Å². The summed E-state index contributed by atoms with van der Waals surface area (Å²) >= 11 is 5.73. The molecule has 0 aliphatic carbocycles. The first-order valence-electron chi connectivity index (χ1n) is 9.87. The fourth-order valence-corrected chi connectivity index (χ4v) is 4.78. The summed E-state index contributed by atoms with van der Waals surface area (Å²) in [5.74, 6) is 0.239. The highest BCUT2D eigenvalue weighted by Crippen LogP contribution is 2.20. The van der Waals surface area contributed by atoms with Crippen LogP contribution in [-0.4, -0.2) is 24.5 Å². The minimum atomic E-state index is -3.81. The number of nitrogens with zero attached hydrogens (tertiary/aromatic N) is 2. The number of hydrogen-bond donors (Lipinski definition) is 1. The van der Waals surface area contributed by atoms with E-state index in [1.807, 2.05) is 47.0 Å².